The number of phenols is 1. The molecule has 1 amide bonds. The normalized spacial score (nSPS) is 13.3. The van der Waals surface area contributed by atoms with E-state index in [-0.39, 0.29) is 40.5 Å². The van der Waals surface area contributed by atoms with E-state index in [0.29, 0.717) is 21.5 Å². The quantitative estimate of drug-likeness (QED) is 0.419. The third-order valence-corrected chi connectivity index (χ3v) is 8.06. The molecule has 2 heterocycles. The van der Waals surface area contributed by atoms with Crippen molar-refractivity contribution >= 4 is 44.1 Å². The molecule has 0 saturated carbocycles. The van der Waals surface area contributed by atoms with Gasteiger partial charge in [-0.3, -0.25) is 14.1 Å². The van der Waals surface area contributed by atoms with Crippen molar-refractivity contribution in [2.75, 3.05) is 11.4 Å². The molecule has 5 rings (SSSR count). The lowest BCUT2D eigenvalue weighted by Crippen LogP contribution is -2.28. The molecule has 0 bridgehead atoms. The molecule has 0 fully saturated rings. The molecule has 0 spiro atoms. The number of hydrogen-bond donors (Lipinski definition) is 1. The summed E-state index contributed by atoms with van der Waals surface area (Å²) in [5.74, 6) is -1.16. The molecule has 178 valence electrons. The van der Waals surface area contributed by atoms with Crippen LogP contribution in [-0.4, -0.2) is 36.4 Å². The highest BCUT2D eigenvalue weighted by Crippen LogP contribution is 2.45. The molecule has 0 saturated heterocycles. The number of fused-ring (bicyclic) bond motifs is 2. The largest absolute Gasteiger partial charge is 0.505 e. The Morgan fingerprint density at radius 3 is 2.49 bits per heavy atom. The van der Waals surface area contributed by atoms with Gasteiger partial charge in [0, 0.05) is 42.3 Å². The summed E-state index contributed by atoms with van der Waals surface area (Å²) in [6.45, 7) is 0.212. The number of rotatable bonds is 5. The van der Waals surface area contributed by atoms with Gasteiger partial charge in [-0.25, -0.2) is 12.8 Å². The van der Waals surface area contributed by atoms with Gasteiger partial charge < -0.3 is 10.0 Å². The van der Waals surface area contributed by atoms with Crippen molar-refractivity contribution in [1.82, 2.24) is 9.88 Å². The number of carbonyl (C=O) groups is 1. The van der Waals surface area contributed by atoms with Crippen LogP contribution in [0.2, 0.25) is 5.02 Å². The average Bonchev–Trinajstić information content (AvgIpc) is 3.16. The van der Waals surface area contributed by atoms with Gasteiger partial charge in [-0.2, -0.15) is 0 Å². The highest BCUT2D eigenvalue weighted by molar-refractivity contribution is 7.92. The van der Waals surface area contributed by atoms with E-state index in [1.807, 2.05) is 0 Å². The number of hydrogen-bond acceptors (Lipinski definition) is 5. The molecule has 4 aromatic rings. The van der Waals surface area contributed by atoms with Gasteiger partial charge in [0.05, 0.1) is 16.1 Å². The van der Waals surface area contributed by atoms with Crippen molar-refractivity contribution in [3.05, 3.63) is 94.4 Å². The number of benzene rings is 3. The third kappa shape index (κ3) is 3.86. The molecular weight excluding hydrogens is 493 g/mol. The zero-order valence-electron chi connectivity index (χ0n) is 18.4. The summed E-state index contributed by atoms with van der Waals surface area (Å²) in [4.78, 5) is 19.1. The van der Waals surface area contributed by atoms with Gasteiger partial charge in [0.2, 0.25) is 0 Å². The highest BCUT2D eigenvalue weighted by Gasteiger charge is 2.38. The standard InChI is InChI=1S/C25H19ClFN3O4S/c1-29(35(33,34)18-10-6-16(26)7-11-18)23-19-3-2-12-28-22(19)24(31)21-20(23)14-30(25(21)32)13-15-4-8-17(27)9-5-15/h2-12,31H,13-14H2,1H3. The molecule has 1 aliphatic heterocycles. The molecule has 0 unspecified atom stereocenters. The van der Waals surface area contributed by atoms with Crippen LogP contribution >= 0.6 is 11.6 Å². The van der Waals surface area contributed by atoms with Gasteiger partial charge in [0.25, 0.3) is 15.9 Å². The van der Waals surface area contributed by atoms with Crippen molar-refractivity contribution in [2.24, 2.45) is 0 Å². The number of pyridine rings is 1. The van der Waals surface area contributed by atoms with Crippen LogP contribution in [0.15, 0.2) is 71.8 Å². The average molecular weight is 512 g/mol. The van der Waals surface area contributed by atoms with Crippen LogP contribution < -0.4 is 4.31 Å². The molecule has 7 nitrogen and oxygen atoms in total. The van der Waals surface area contributed by atoms with Gasteiger partial charge in [0.15, 0.2) is 5.75 Å². The second-order valence-corrected chi connectivity index (χ2v) is 10.6. The first-order chi connectivity index (χ1) is 16.7. The number of nitrogens with zero attached hydrogens (tertiary/aromatic N) is 3. The molecule has 1 N–H and O–H groups in total. The van der Waals surface area contributed by atoms with Gasteiger partial charge in [-0.15, -0.1) is 0 Å². The fourth-order valence-electron chi connectivity index (χ4n) is 4.31. The summed E-state index contributed by atoms with van der Waals surface area (Å²) in [7, 11) is -2.64. The zero-order chi connectivity index (χ0) is 24.9. The lowest BCUT2D eigenvalue weighted by atomic mass is 10.0. The van der Waals surface area contributed by atoms with Crippen molar-refractivity contribution in [3.63, 3.8) is 0 Å². The van der Waals surface area contributed by atoms with Gasteiger partial charge >= 0.3 is 0 Å². The van der Waals surface area contributed by atoms with Gasteiger partial charge in [0.1, 0.15) is 11.3 Å². The highest BCUT2D eigenvalue weighted by atomic mass is 35.5. The molecule has 35 heavy (non-hydrogen) atoms. The first-order valence-electron chi connectivity index (χ1n) is 10.6. The van der Waals surface area contributed by atoms with E-state index in [2.05, 4.69) is 4.98 Å². The molecule has 1 aromatic heterocycles. The molecular formula is C25H19ClFN3O4S. The molecule has 0 atom stereocenters. The fourth-order valence-corrected chi connectivity index (χ4v) is 5.69. The number of aromatic hydroxyl groups is 1. The van der Waals surface area contributed by atoms with Crippen LogP contribution in [0.1, 0.15) is 21.5 Å². The number of amides is 1. The Morgan fingerprint density at radius 2 is 1.80 bits per heavy atom. The van der Waals surface area contributed by atoms with Crippen molar-refractivity contribution < 1.29 is 22.7 Å². The third-order valence-electron chi connectivity index (χ3n) is 6.04. The van der Waals surface area contributed by atoms with E-state index in [1.54, 1.807) is 24.3 Å². The van der Waals surface area contributed by atoms with Crippen LogP contribution in [0.25, 0.3) is 10.9 Å². The SMILES string of the molecule is CN(c1c2c(c(O)c3ncccc13)C(=O)N(Cc1ccc(F)cc1)C2)S(=O)(=O)c1ccc(Cl)cc1. The van der Waals surface area contributed by atoms with E-state index in [9.17, 15) is 22.7 Å². The maximum Gasteiger partial charge on any atom is 0.264 e. The summed E-state index contributed by atoms with van der Waals surface area (Å²) in [5.41, 5.74) is 1.45. The first-order valence-corrected chi connectivity index (χ1v) is 12.4. The smallest absolute Gasteiger partial charge is 0.264 e. The van der Waals surface area contributed by atoms with Crippen LogP contribution in [0.4, 0.5) is 10.1 Å². The predicted octanol–water partition coefficient (Wildman–Crippen LogP) is 4.71. The van der Waals surface area contributed by atoms with Crippen LogP contribution in [0, 0.1) is 5.82 Å². The Balaban J connectivity index is 1.66. The van der Waals surface area contributed by atoms with Crippen molar-refractivity contribution in [2.45, 2.75) is 18.0 Å². The summed E-state index contributed by atoms with van der Waals surface area (Å²) in [6, 6.07) is 14.8. The maximum atomic E-state index is 13.5. The predicted molar refractivity (Wildman–Crippen MR) is 130 cm³/mol. The van der Waals surface area contributed by atoms with Gasteiger partial charge in [-0.05, 0) is 54.1 Å². The number of phenolic OH excluding ortho intramolecular Hbond substituents is 1. The van der Waals surface area contributed by atoms with Crippen LogP contribution in [-0.2, 0) is 23.1 Å². The molecule has 0 radical (unpaired) electrons. The maximum absolute atomic E-state index is 13.5. The minimum atomic E-state index is -4.04. The topological polar surface area (TPSA) is 90.8 Å². The number of halogens is 2. The lowest BCUT2D eigenvalue weighted by Gasteiger charge is -2.24. The molecule has 3 aromatic carbocycles. The second kappa shape index (κ2) is 8.51. The summed E-state index contributed by atoms with van der Waals surface area (Å²) >= 11 is 5.93. The Kier molecular flexibility index (Phi) is 5.61. The van der Waals surface area contributed by atoms with E-state index in [1.165, 1.54) is 54.5 Å². The Bertz CT molecular complexity index is 1580. The van der Waals surface area contributed by atoms with E-state index in [0.717, 1.165) is 4.31 Å². The summed E-state index contributed by atoms with van der Waals surface area (Å²) in [5, 5.41) is 11.8. The summed E-state index contributed by atoms with van der Waals surface area (Å²) in [6.07, 6.45) is 1.46. The number of sulfonamides is 1. The molecule has 1 aliphatic rings. The van der Waals surface area contributed by atoms with Crippen LogP contribution in [0.3, 0.4) is 0 Å². The molecule has 10 heteroatoms. The minimum absolute atomic E-state index is 0.00599. The Labute approximate surface area is 206 Å². The summed E-state index contributed by atoms with van der Waals surface area (Å²) < 4.78 is 41.5. The Morgan fingerprint density at radius 1 is 1.11 bits per heavy atom. The lowest BCUT2D eigenvalue weighted by molar-refractivity contribution is 0.0764. The van der Waals surface area contributed by atoms with Gasteiger partial charge in [-0.1, -0.05) is 23.7 Å². The van der Waals surface area contributed by atoms with Crippen molar-refractivity contribution in [3.8, 4) is 5.75 Å². The van der Waals surface area contributed by atoms with Crippen LogP contribution in [0.5, 0.6) is 5.75 Å². The van der Waals surface area contributed by atoms with Crippen molar-refractivity contribution in [1.29, 1.82) is 0 Å². The number of carbonyl (C=O) groups excluding carboxylic acids is 1. The second-order valence-electron chi connectivity index (χ2n) is 8.16. The number of anilines is 1. The monoisotopic (exact) mass is 511 g/mol. The molecule has 0 aliphatic carbocycles. The van der Waals surface area contributed by atoms with E-state index >= 15 is 0 Å². The zero-order valence-corrected chi connectivity index (χ0v) is 20.0. The number of aromatic nitrogens is 1. The van der Waals surface area contributed by atoms with E-state index < -0.39 is 21.7 Å². The van der Waals surface area contributed by atoms with E-state index in [4.69, 9.17) is 11.6 Å². The first kappa shape index (κ1) is 23.1. The Hall–Kier alpha value is -3.69. The minimum Gasteiger partial charge on any atom is -0.505 e. The fraction of sp³-hybridized carbons (Fsp3) is 0.120.